The molecule has 0 saturated carbocycles. The molecule has 0 saturated heterocycles. The average molecular weight is 220 g/mol. The lowest BCUT2D eigenvalue weighted by Gasteiger charge is -2.07. The van der Waals surface area contributed by atoms with E-state index in [2.05, 4.69) is 10.3 Å². The zero-order valence-corrected chi connectivity index (χ0v) is 8.11. The van der Waals surface area contributed by atoms with Crippen LogP contribution in [0.1, 0.15) is 11.3 Å². The monoisotopic (exact) mass is 220 g/mol. The molecule has 3 nitrogen and oxygen atoms in total. The quantitative estimate of drug-likeness (QED) is 0.807. The van der Waals surface area contributed by atoms with Gasteiger partial charge in [-0.3, -0.25) is 4.79 Å². The fourth-order valence-electron chi connectivity index (χ4n) is 1.08. The van der Waals surface area contributed by atoms with Gasteiger partial charge in [0.05, 0.1) is 6.54 Å². The van der Waals surface area contributed by atoms with E-state index >= 15 is 0 Å². The lowest BCUT2D eigenvalue weighted by molar-refractivity contribution is -0.125. The Bertz CT molecular complexity index is 384. The highest BCUT2D eigenvalue weighted by atomic mass is 19.4. The van der Waals surface area contributed by atoms with Crippen LogP contribution in [0.4, 0.5) is 13.2 Å². The lowest BCUT2D eigenvalue weighted by atomic mass is 10.2. The van der Waals surface area contributed by atoms with Crippen molar-refractivity contribution in [1.82, 2.24) is 10.3 Å². The van der Waals surface area contributed by atoms with Gasteiger partial charge in [-0.15, -0.1) is 0 Å². The van der Waals surface area contributed by atoms with E-state index in [-0.39, 0.29) is 12.0 Å². The van der Waals surface area contributed by atoms with Crippen LogP contribution in [0.25, 0.3) is 0 Å². The molecule has 0 aromatic carbocycles. The molecule has 1 rings (SSSR count). The van der Waals surface area contributed by atoms with Gasteiger partial charge < -0.3 is 10.3 Å². The number of H-pyrrole nitrogens is 1. The number of alkyl halides is 3. The third-order valence-corrected chi connectivity index (χ3v) is 1.78. The Morgan fingerprint density at radius 1 is 1.47 bits per heavy atom. The SMILES string of the molecule is Cc1cc(=O)c(CNCC(F)(F)F)c[nH]1. The summed E-state index contributed by atoms with van der Waals surface area (Å²) in [5.41, 5.74) is 0.713. The maximum Gasteiger partial charge on any atom is 0.401 e. The van der Waals surface area contributed by atoms with Crippen molar-refractivity contribution in [1.29, 1.82) is 0 Å². The zero-order valence-electron chi connectivity index (χ0n) is 8.11. The largest absolute Gasteiger partial charge is 0.401 e. The standard InChI is InChI=1S/C9H11F3N2O/c1-6-2-8(15)7(4-14-6)3-13-5-9(10,11)12/h2,4,13H,3,5H2,1H3,(H,14,15). The fourth-order valence-corrected chi connectivity index (χ4v) is 1.08. The molecule has 1 heterocycles. The molecule has 0 spiro atoms. The highest BCUT2D eigenvalue weighted by Gasteiger charge is 2.26. The second-order valence-corrected chi connectivity index (χ2v) is 3.22. The van der Waals surface area contributed by atoms with Gasteiger partial charge in [0.1, 0.15) is 0 Å². The van der Waals surface area contributed by atoms with E-state index in [0.717, 1.165) is 0 Å². The van der Waals surface area contributed by atoms with Crippen LogP contribution in [0.5, 0.6) is 0 Å². The first-order chi connectivity index (χ1) is 6.88. The first kappa shape index (κ1) is 11.8. The molecule has 0 amide bonds. The minimum absolute atomic E-state index is 0.0882. The highest BCUT2D eigenvalue weighted by molar-refractivity contribution is 5.13. The van der Waals surface area contributed by atoms with Gasteiger partial charge in [-0.25, -0.2) is 0 Å². The third kappa shape index (κ3) is 4.16. The predicted molar refractivity (Wildman–Crippen MR) is 49.6 cm³/mol. The summed E-state index contributed by atoms with van der Waals surface area (Å²) in [6.45, 7) is 0.518. The Morgan fingerprint density at radius 3 is 2.67 bits per heavy atom. The lowest BCUT2D eigenvalue weighted by Crippen LogP contribution is -2.30. The molecule has 0 aliphatic heterocycles. The first-order valence-corrected chi connectivity index (χ1v) is 4.34. The molecule has 0 fully saturated rings. The van der Waals surface area contributed by atoms with E-state index in [4.69, 9.17) is 0 Å². The predicted octanol–water partition coefficient (Wildman–Crippen LogP) is 1.34. The van der Waals surface area contributed by atoms with Crippen molar-refractivity contribution in [3.05, 3.63) is 33.7 Å². The van der Waals surface area contributed by atoms with Crippen molar-refractivity contribution in [2.75, 3.05) is 6.54 Å². The second-order valence-electron chi connectivity index (χ2n) is 3.22. The molecule has 6 heteroatoms. The van der Waals surface area contributed by atoms with Gasteiger partial charge in [-0.2, -0.15) is 13.2 Å². The number of aryl methyl sites for hydroxylation is 1. The number of aromatic nitrogens is 1. The van der Waals surface area contributed by atoms with Crippen molar-refractivity contribution >= 4 is 0 Å². The summed E-state index contributed by atoms with van der Waals surface area (Å²) < 4.78 is 35.3. The molecule has 0 aliphatic carbocycles. The maximum atomic E-state index is 11.8. The van der Waals surface area contributed by atoms with Gasteiger partial charge >= 0.3 is 6.18 Å². The van der Waals surface area contributed by atoms with E-state index < -0.39 is 12.7 Å². The summed E-state index contributed by atoms with van der Waals surface area (Å²) in [5, 5.41) is 2.16. The summed E-state index contributed by atoms with van der Waals surface area (Å²) in [4.78, 5) is 14.0. The molecular formula is C9H11F3N2O. The molecule has 1 aromatic heterocycles. The van der Waals surface area contributed by atoms with E-state index in [0.29, 0.717) is 11.3 Å². The van der Waals surface area contributed by atoms with Crippen molar-refractivity contribution in [3.63, 3.8) is 0 Å². The van der Waals surface area contributed by atoms with Crippen molar-refractivity contribution in [2.24, 2.45) is 0 Å². The average Bonchev–Trinajstić information content (AvgIpc) is 2.07. The van der Waals surface area contributed by atoms with Gasteiger partial charge in [-0.05, 0) is 6.92 Å². The fraction of sp³-hybridized carbons (Fsp3) is 0.444. The molecule has 0 atom stereocenters. The second kappa shape index (κ2) is 4.48. The van der Waals surface area contributed by atoms with Crippen LogP contribution in [-0.4, -0.2) is 17.7 Å². The van der Waals surface area contributed by atoms with Crippen LogP contribution in [0.2, 0.25) is 0 Å². The minimum Gasteiger partial charge on any atom is -0.365 e. The zero-order chi connectivity index (χ0) is 11.5. The van der Waals surface area contributed by atoms with Gasteiger partial charge in [0.25, 0.3) is 0 Å². The molecule has 0 unspecified atom stereocenters. The van der Waals surface area contributed by atoms with E-state index in [9.17, 15) is 18.0 Å². The minimum atomic E-state index is -4.25. The van der Waals surface area contributed by atoms with Crippen LogP contribution >= 0.6 is 0 Å². The van der Waals surface area contributed by atoms with Gasteiger partial charge in [-0.1, -0.05) is 0 Å². The number of hydrogen-bond acceptors (Lipinski definition) is 2. The van der Waals surface area contributed by atoms with E-state index in [1.54, 1.807) is 6.92 Å². The van der Waals surface area contributed by atoms with E-state index in [1.807, 2.05) is 0 Å². The number of halogens is 3. The molecule has 1 aromatic rings. The Morgan fingerprint density at radius 2 is 2.13 bits per heavy atom. The normalized spacial score (nSPS) is 11.7. The van der Waals surface area contributed by atoms with Crippen molar-refractivity contribution < 1.29 is 13.2 Å². The Kier molecular flexibility index (Phi) is 3.52. The maximum absolute atomic E-state index is 11.8. The Balaban J connectivity index is 2.55. The third-order valence-electron chi connectivity index (χ3n) is 1.78. The van der Waals surface area contributed by atoms with Gasteiger partial charge in [0.15, 0.2) is 5.43 Å². The van der Waals surface area contributed by atoms with Crippen LogP contribution in [0.15, 0.2) is 17.1 Å². The topological polar surface area (TPSA) is 44.9 Å². The molecule has 2 N–H and O–H groups in total. The molecule has 0 radical (unpaired) electrons. The summed E-state index contributed by atoms with van der Waals surface area (Å²) >= 11 is 0. The van der Waals surface area contributed by atoms with Crippen LogP contribution in [0, 0.1) is 6.92 Å². The number of hydrogen-bond donors (Lipinski definition) is 2. The summed E-state index contributed by atoms with van der Waals surface area (Å²) in [5.74, 6) is 0. The smallest absolute Gasteiger partial charge is 0.365 e. The number of nitrogens with one attached hydrogen (secondary N) is 2. The molecule has 0 bridgehead atoms. The molecular weight excluding hydrogens is 209 g/mol. The molecule has 15 heavy (non-hydrogen) atoms. The highest BCUT2D eigenvalue weighted by Crippen LogP contribution is 2.12. The summed E-state index contributed by atoms with van der Waals surface area (Å²) in [6, 6.07) is 1.35. The van der Waals surface area contributed by atoms with Crippen LogP contribution in [0.3, 0.4) is 0 Å². The number of aromatic amines is 1. The van der Waals surface area contributed by atoms with Crippen LogP contribution in [-0.2, 0) is 6.54 Å². The molecule has 84 valence electrons. The van der Waals surface area contributed by atoms with Crippen molar-refractivity contribution in [3.8, 4) is 0 Å². The van der Waals surface area contributed by atoms with E-state index in [1.165, 1.54) is 12.3 Å². The van der Waals surface area contributed by atoms with Crippen LogP contribution < -0.4 is 10.7 Å². The number of rotatable bonds is 3. The Labute approximate surface area is 84.3 Å². The summed E-state index contributed by atoms with van der Waals surface area (Å²) in [6.07, 6.45) is -2.83. The summed E-state index contributed by atoms with van der Waals surface area (Å²) in [7, 11) is 0. The van der Waals surface area contributed by atoms with Crippen molar-refractivity contribution in [2.45, 2.75) is 19.6 Å². The number of pyridine rings is 1. The first-order valence-electron chi connectivity index (χ1n) is 4.34. The van der Waals surface area contributed by atoms with Gasteiger partial charge in [0.2, 0.25) is 0 Å². The molecule has 0 aliphatic rings. The van der Waals surface area contributed by atoms with Gasteiger partial charge in [0, 0.05) is 30.1 Å². The Hall–Kier alpha value is -1.30.